The second kappa shape index (κ2) is 35.0. The molecule has 0 aliphatic heterocycles. The zero-order valence-electron chi connectivity index (χ0n) is 28.9. The van der Waals surface area contributed by atoms with Gasteiger partial charge in [0.2, 0.25) is 0 Å². The molecule has 44 heavy (non-hydrogen) atoms. The van der Waals surface area contributed by atoms with Crippen molar-refractivity contribution < 1.29 is 30.6 Å². The highest BCUT2D eigenvalue weighted by Gasteiger charge is 2.22. The summed E-state index contributed by atoms with van der Waals surface area (Å²) in [5.74, 6) is 0. The minimum atomic E-state index is -1.15. The van der Waals surface area contributed by atoms with E-state index in [0.717, 1.165) is 25.7 Å². The summed E-state index contributed by atoms with van der Waals surface area (Å²) in [7, 11) is 0. The van der Waals surface area contributed by atoms with Crippen LogP contribution in [-0.4, -0.2) is 67.7 Å². The van der Waals surface area contributed by atoms with E-state index in [1.165, 1.54) is 128 Å². The van der Waals surface area contributed by atoms with E-state index in [0.29, 0.717) is 19.1 Å². The summed E-state index contributed by atoms with van der Waals surface area (Å²) in [6.07, 6.45) is 28.5. The Morgan fingerprint density at radius 2 is 0.818 bits per heavy atom. The molecule has 0 amide bonds. The number of hydrogen-bond acceptors (Lipinski definition) is 8. The van der Waals surface area contributed by atoms with Gasteiger partial charge in [-0.2, -0.15) is 0 Å². The minimum absolute atomic E-state index is 0.0774. The van der Waals surface area contributed by atoms with E-state index in [-0.39, 0.29) is 12.3 Å². The van der Waals surface area contributed by atoms with Gasteiger partial charge in [-0.3, -0.25) is 0 Å². The van der Waals surface area contributed by atoms with Crippen LogP contribution in [0.4, 0.5) is 0 Å². The molecule has 0 aliphatic rings. The van der Waals surface area contributed by atoms with Crippen molar-refractivity contribution in [3.63, 3.8) is 0 Å². The van der Waals surface area contributed by atoms with Gasteiger partial charge in [0.15, 0.2) is 0 Å². The average Bonchev–Trinajstić information content (AvgIpc) is 3.04. The molecule has 0 rings (SSSR count). The van der Waals surface area contributed by atoms with Crippen molar-refractivity contribution in [1.29, 1.82) is 0 Å². The predicted octanol–water partition coefficient (Wildman–Crippen LogP) is 7.28. The highest BCUT2D eigenvalue weighted by Crippen LogP contribution is 2.16. The van der Waals surface area contributed by atoms with Gasteiger partial charge >= 0.3 is 0 Å². The normalized spacial score (nSPS) is 15.3. The first-order valence-corrected chi connectivity index (χ1v) is 18.4. The van der Waals surface area contributed by atoms with Crippen LogP contribution in [0.15, 0.2) is 12.0 Å². The van der Waals surface area contributed by atoms with E-state index >= 15 is 0 Å². The van der Waals surface area contributed by atoms with Gasteiger partial charge in [0.25, 0.3) is 0 Å². The fourth-order valence-electron chi connectivity index (χ4n) is 5.41. The fraction of sp³-hybridized carbons (Fsp3) is 0.944. The number of hydrogen-bond donors (Lipinski definition) is 8. The van der Waals surface area contributed by atoms with E-state index in [1.807, 2.05) is 0 Å². The Labute approximate surface area is 271 Å². The van der Waals surface area contributed by atoms with Gasteiger partial charge in [0.05, 0.1) is 36.7 Å². The molecule has 0 saturated carbocycles. The Morgan fingerprint density at radius 3 is 1.11 bits per heavy atom. The Balaban J connectivity index is 0. The zero-order valence-corrected chi connectivity index (χ0v) is 28.9. The Morgan fingerprint density at radius 1 is 0.523 bits per heavy atom. The topological polar surface area (TPSA) is 173 Å². The lowest BCUT2D eigenvalue weighted by atomic mass is 10.00. The molecule has 8 nitrogen and oxygen atoms in total. The summed E-state index contributed by atoms with van der Waals surface area (Å²) >= 11 is 0. The lowest BCUT2D eigenvalue weighted by Crippen LogP contribution is -2.45. The molecule has 0 aliphatic carbocycles. The first kappa shape index (κ1) is 45.2. The lowest BCUT2D eigenvalue weighted by molar-refractivity contribution is -0.0121. The maximum absolute atomic E-state index is 9.74. The van der Waals surface area contributed by atoms with Crippen molar-refractivity contribution in [2.75, 3.05) is 6.61 Å². The van der Waals surface area contributed by atoms with Crippen molar-refractivity contribution in [1.82, 2.24) is 0 Å². The van der Waals surface area contributed by atoms with Crippen molar-refractivity contribution in [3.05, 3.63) is 12.0 Å². The second-order valence-corrected chi connectivity index (χ2v) is 12.9. The van der Waals surface area contributed by atoms with Crippen LogP contribution in [0.1, 0.15) is 181 Å². The van der Waals surface area contributed by atoms with Crippen molar-refractivity contribution in [2.45, 2.75) is 211 Å². The highest BCUT2D eigenvalue weighted by atomic mass is 16.3. The van der Waals surface area contributed by atoms with Crippen LogP contribution in [0.5, 0.6) is 0 Å². The second-order valence-electron chi connectivity index (χ2n) is 12.9. The van der Waals surface area contributed by atoms with Crippen molar-refractivity contribution >= 4 is 0 Å². The molecular weight excluding hydrogens is 556 g/mol. The monoisotopic (exact) mass is 633 g/mol. The van der Waals surface area contributed by atoms with Crippen LogP contribution < -0.4 is 11.5 Å². The Kier molecular flexibility index (Phi) is 35.9. The van der Waals surface area contributed by atoms with Crippen LogP contribution in [-0.2, 0) is 0 Å². The molecule has 5 atom stereocenters. The van der Waals surface area contributed by atoms with Crippen molar-refractivity contribution in [2.24, 2.45) is 11.5 Å². The maximum Gasteiger partial charge on any atom is 0.122 e. The standard InChI is InChI=1S/C18H39NO3.C18H37NO3/c2*1-2-3-4-5-6-7-8-9-10-11-12-13-14-17(21)18(22)16(19)15-20/h16-18,20-22H,2-15,19H2,1H3;15,17-18,20-22H,2-14,19H2,1H3/t16-,17+,18-;/m0./s1. The molecule has 0 aromatic heterocycles. The van der Waals surface area contributed by atoms with E-state index in [9.17, 15) is 20.4 Å². The third-order valence-corrected chi connectivity index (χ3v) is 8.61. The van der Waals surface area contributed by atoms with E-state index in [1.54, 1.807) is 0 Å². The van der Waals surface area contributed by atoms with Gasteiger partial charge < -0.3 is 42.1 Å². The molecule has 0 radical (unpaired) electrons. The average molecular weight is 633 g/mol. The first-order chi connectivity index (χ1) is 21.3. The Hall–Kier alpha value is -0.900. The van der Waals surface area contributed by atoms with Gasteiger partial charge in [-0.25, -0.2) is 0 Å². The molecule has 0 aromatic carbocycles. The lowest BCUT2D eigenvalue weighted by Gasteiger charge is -2.22. The summed E-state index contributed by atoms with van der Waals surface area (Å²) in [5.41, 5.74) is 10.8. The predicted molar refractivity (Wildman–Crippen MR) is 185 cm³/mol. The molecule has 2 unspecified atom stereocenters. The number of unbranched alkanes of at least 4 members (excludes halogenated alkanes) is 22. The summed E-state index contributed by atoms with van der Waals surface area (Å²) in [4.78, 5) is 0. The molecule has 0 heterocycles. The SMILES string of the molecule is CCCCCCCCCCCCCCC(O)C(O)C(N)=CO.CCCCCCCCCCCCCC[C@@H](O)[C@@H](O)[C@@H](N)CO. The van der Waals surface area contributed by atoms with Crippen LogP contribution in [0.2, 0.25) is 0 Å². The number of nitrogens with two attached hydrogens (primary N) is 2. The number of aliphatic hydroxyl groups is 6. The molecule has 0 spiro atoms. The van der Waals surface area contributed by atoms with Gasteiger partial charge in [0, 0.05) is 0 Å². The first-order valence-electron chi connectivity index (χ1n) is 18.4. The maximum atomic E-state index is 9.74. The molecule has 8 heteroatoms. The van der Waals surface area contributed by atoms with Gasteiger partial charge in [0.1, 0.15) is 12.4 Å². The number of aliphatic hydroxyl groups excluding tert-OH is 6. The molecule has 0 saturated heterocycles. The highest BCUT2D eigenvalue weighted by molar-refractivity contribution is 5.01. The fourth-order valence-corrected chi connectivity index (χ4v) is 5.41. The quantitative estimate of drug-likeness (QED) is 0.0291. The molecule has 266 valence electrons. The van der Waals surface area contributed by atoms with Gasteiger partial charge in [-0.05, 0) is 12.8 Å². The van der Waals surface area contributed by atoms with Crippen LogP contribution in [0.3, 0.4) is 0 Å². The third-order valence-electron chi connectivity index (χ3n) is 8.61. The smallest absolute Gasteiger partial charge is 0.122 e. The van der Waals surface area contributed by atoms with Crippen LogP contribution in [0, 0.1) is 0 Å². The van der Waals surface area contributed by atoms with Crippen LogP contribution in [0.25, 0.3) is 0 Å². The van der Waals surface area contributed by atoms with E-state index < -0.39 is 30.5 Å². The Bertz CT molecular complexity index is 595. The summed E-state index contributed by atoms with van der Waals surface area (Å²) < 4.78 is 0. The largest absolute Gasteiger partial charge is 0.514 e. The summed E-state index contributed by atoms with van der Waals surface area (Å²) in [6.45, 7) is 4.20. The number of rotatable bonds is 31. The third kappa shape index (κ3) is 29.8. The molecule has 0 aromatic rings. The van der Waals surface area contributed by atoms with E-state index in [2.05, 4.69) is 13.8 Å². The summed E-state index contributed by atoms with van der Waals surface area (Å²) in [5, 5.41) is 56.1. The molecular formula is C36H76N2O6. The van der Waals surface area contributed by atoms with Crippen molar-refractivity contribution in [3.8, 4) is 0 Å². The van der Waals surface area contributed by atoms with Gasteiger partial charge in [-0.1, -0.05) is 168 Å². The minimum Gasteiger partial charge on any atom is -0.514 e. The summed E-state index contributed by atoms with van der Waals surface area (Å²) in [6, 6.07) is -0.743. The van der Waals surface area contributed by atoms with E-state index in [4.69, 9.17) is 21.7 Å². The molecule has 0 bridgehead atoms. The molecule has 10 N–H and O–H groups in total. The zero-order chi connectivity index (χ0) is 33.3. The van der Waals surface area contributed by atoms with Crippen LogP contribution >= 0.6 is 0 Å². The van der Waals surface area contributed by atoms with Gasteiger partial charge in [-0.15, -0.1) is 0 Å². The molecule has 0 fully saturated rings.